The highest BCUT2D eigenvalue weighted by molar-refractivity contribution is 5.74. The summed E-state index contributed by atoms with van der Waals surface area (Å²) in [5, 5.41) is 3.06. The Morgan fingerprint density at radius 2 is 2.12 bits per heavy atom. The summed E-state index contributed by atoms with van der Waals surface area (Å²) in [5.41, 5.74) is 0. The van der Waals surface area contributed by atoms with Crippen molar-refractivity contribution in [3.8, 4) is 0 Å². The molecule has 0 aromatic heterocycles. The minimum atomic E-state index is 0.117. The molecule has 5 nitrogen and oxygen atoms in total. The Bertz CT molecular complexity index is 452. The van der Waals surface area contributed by atoms with Crippen LogP contribution in [0.2, 0.25) is 0 Å². The number of rotatable bonds is 7. The molecule has 5 unspecified atom stereocenters. The van der Waals surface area contributed by atoms with E-state index in [0.29, 0.717) is 25.8 Å². The van der Waals surface area contributed by atoms with Crippen molar-refractivity contribution < 1.29 is 14.3 Å². The summed E-state index contributed by atoms with van der Waals surface area (Å²) in [7, 11) is 0. The minimum absolute atomic E-state index is 0.117. The fourth-order valence-corrected chi connectivity index (χ4v) is 5.68. The van der Waals surface area contributed by atoms with Gasteiger partial charge in [-0.05, 0) is 69.1 Å². The van der Waals surface area contributed by atoms with Gasteiger partial charge in [0.1, 0.15) is 0 Å². The smallest absolute Gasteiger partial charge is 0.317 e. The Kier molecular flexibility index (Phi) is 5.81. The Hall–Kier alpha value is -0.810. The van der Waals surface area contributed by atoms with Crippen molar-refractivity contribution in [2.24, 2.45) is 17.8 Å². The zero-order valence-electron chi connectivity index (χ0n) is 15.5. The van der Waals surface area contributed by atoms with Crippen molar-refractivity contribution in [3.05, 3.63) is 0 Å². The van der Waals surface area contributed by atoms with Crippen LogP contribution in [0.4, 0.5) is 4.79 Å². The molecule has 0 radical (unpaired) electrons. The van der Waals surface area contributed by atoms with Gasteiger partial charge in [0.05, 0.1) is 19.3 Å². The van der Waals surface area contributed by atoms with Crippen LogP contribution in [0.3, 0.4) is 0 Å². The molecule has 2 amide bonds. The van der Waals surface area contributed by atoms with E-state index in [1.165, 1.54) is 38.5 Å². The average molecular weight is 351 g/mol. The summed E-state index contributed by atoms with van der Waals surface area (Å²) in [6, 6.07) is 0.587. The van der Waals surface area contributed by atoms with E-state index in [1.54, 1.807) is 0 Å². The van der Waals surface area contributed by atoms with E-state index in [1.807, 2.05) is 0 Å². The normalized spacial score (nSPS) is 37.1. The van der Waals surface area contributed by atoms with Gasteiger partial charge in [0, 0.05) is 25.7 Å². The second-order valence-electron chi connectivity index (χ2n) is 8.60. The lowest BCUT2D eigenvalue weighted by Gasteiger charge is -2.30. The molecule has 4 aliphatic rings. The van der Waals surface area contributed by atoms with Gasteiger partial charge in [-0.15, -0.1) is 0 Å². The zero-order chi connectivity index (χ0) is 17.1. The third-order valence-corrected chi connectivity index (χ3v) is 6.95. The van der Waals surface area contributed by atoms with E-state index in [0.717, 1.165) is 50.2 Å². The fraction of sp³-hybridized carbons (Fsp3) is 0.950. The molecule has 5 heteroatoms. The fourth-order valence-electron chi connectivity index (χ4n) is 5.68. The number of urea groups is 1. The summed E-state index contributed by atoms with van der Waals surface area (Å²) >= 11 is 0. The standard InChI is InChI=1S/C20H34N2O3/c23-20(21-7-10-24-14-19-4-2-9-25-19)22-8-1-3-18(22)13-17-12-15-5-6-16(17)11-15/h15-19H,1-14H2,(H,21,23). The van der Waals surface area contributed by atoms with Crippen LogP contribution in [0.15, 0.2) is 0 Å². The maximum absolute atomic E-state index is 12.5. The molecule has 5 atom stereocenters. The number of likely N-dealkylation sites (tertiary alicyclic amines) is 1. The quantitative estimate of drug-likeness (QED) is 0.718. The molecule has 2 bridgehead atoms. The Balaban J connectivity index is 1.14. The highest BCUT2D eigenvalue weighted by Crippen LogP contribution is 2.50. The Morgan fingerprint density at radius 1 is 1.16 bits per heavy atom. The number of amides is 2. The lowest BCUT2D eigenvalue weighted by molar-refractivity contribution is 0.0185. The summed E-state index contributed by atoms with van der Waals surface area (Å²) in [6.07, 6.45) is 11.9. The van der Waals surface area contributed by atoms with E-state index < -0.39 is 0 Å². The molecule has 2 saturated carbocycles. The van der Waals surface area contributed by atoms with Gasteiger partial charge < -0.3 is 19.7 Å². The molecular formula is C20H34N2O3. The van der Waals surface area contributed by atoms with Crippen LogP contribution in [0.1, 0.15) is 57.8 Å². The maximum atomic E-state index is 12.5. The zero-order valence-corrected chi connectivity index (χ0v) is 15.5. The van der Waals surface area contributed by atoms with Crippen LogP contribution >= 0.6 is 0 Å². The van der Waals surface area contributed by atoms with Crippen molar-refractivity contribution in [2.75, 3.05) is 32.9 Å². The first-order chi connectivity index (χ1) is 12.3. The largest absolute Gasteiger partial charge is 0.377 e. The van der Waals surface area contributed by atoms with Crippen molar-refractivity contribution in [2.45, 2.75) is 69.9 Å². The topological polar surface area (TPSA) is 50.8 Å². The van der Waals surface area contributed by atoms with E-state index in [9.17, 15) is 4.79 Å². The van der Waals surface area contributed by atoms with Crippen molar-refractivity contribution in [1.29, 1.82) is 0 Å². The molecule has 4 fully saturated rings. The molecule has 2 aliphatic carbocycles. The molecule has 4 rings (SSSR count). The molecule has 1 N–H and O–H groups in total. The summed E-state index contributed by atoms with van der Waals surface area (Å²) in [5.74, 6) is 2.84. The van der Waals surface area contributed by atoms with Crippen molar-refractivity contribution >= 4 is 6.03 Å². The van der Waals surface area contributed by atoms with Crippen LogP contribution in [-0.4, -0.2) is 56.0 Å². The summed E-state index contributed by atoms with van der Waals surface area (Å²) < 4.78 is 11.2. The van der Waals surface area contributed by atoms with E-state index in [-0.39, 0.29) is 12.1 Å². The van der Waals surface area contributed by atoms with Crippen LogP contribution < -0.4 is 5.32 Å². The predicted molar refractivity (Wildman–Crippen MR) is 96.5 cm³/mol. The first kappa shape index (κ1) is 17.6. The van der Waals surface area contributed by atoms with Gasteiger partial charge in [-0.2, -0.15) is 0 Å². The van der Waals surface area contributed by atoms with Crippen molar-refractivity contribution in [1.82, 2.24) is 10.2 Å². The van der Waals surface area contributed by atoms with Gasteiger partial charge in [-0.25, -0.2) is 4.79 Å². The lowest BCUT2D eigenvalue weighted by atomic mass is 9.84. The number of ether oxygens (including phenoxy) is 2. The lowest BCUT2D eigenvalue weighted by Crippen LogP contribution is -2.44. The van der Waals surface area contributed by atoms with Crippen LogP contribution in [0.5, 0.6) is 0 Å². The molecule has 2 aliphatic heterocycles. The molecule has 0 spiro atoms. The number of nitrogens with one attached hydrogen (secondary N) is 1. The van der Waals surface area contributed by atoms with Gasteiger partial charge in [0.2, 0.25) is 0 Å². The molecule has 2 saturated heterocycles. The predicted octanol–water partition coefficient (Wildman–Crippen LogP) is 3.18. The van der Waals surface area contributed by atoms with Gasteiger partial charge in [0.15, 0.2) is 0 Å². The van der Waals surface area contributed by atoms with Gasteiger partial charge in [-0.3, -0.25) is 0 Å². The van der Waals surface area contributed by atoms with Gasteiger partial charge in [0.25, 0.3) is 0 Å². The Labute approximate surface area is 151 Å². The molecule has 0 aromatic carbocycles. The number of hydrogen-bond donors (Lipinski definition) is 1. The first-order valence-corrected chi connectivity index (χ1v) is 10.5. The van der Waals surface area contributed by atoms with Crippen LogP contribution in [0, 0.1) is 17.8 Å². The maximum Gasteiger partial charge on any atom is 0.317 e. The number of nitrogens with zero attached hydrogens (tertiary/aromatic N) is 1. The third-order valence-electron chi connectivity index (χ3n) is 6.95. The highest BCUT2D eigenvalue weighted by atomic mass is 16.5. The van der Waals surface area contributed by atoms with Gasteiger partial charge in [-0.1, -0.05) is 6.42 Å². The molecular weight excluding hydrogens is 316 g/mol. The molecule has 2 heterocycles. The van der Waals surface area contributed by atoms with Crippen molar-refractivity contribution in [3.63, 3.8) is 0 Å². The van der Waals surface area contributed by atoms with E-state index in [4.69, 9.17) is 9.47 Å². The molecule has 0 aromatic rings. The summed E-state index contributed by atoms with van der Waals surface area (Å²) in [6.45, 7) is 3.63. The second-order valence-corrected chi connectivity index (χ2v) is 8.60. The third kappa shape index (κ3) is 4.30. The number of carbonyl (C=O) groups excluding carboxylic acids is 1. The number of hydrogen-bond acceptors (Lipinski definition) is 3. The van der Waals surface area contributed by atoms with E-state index in [2.05, 4.69) is 10.2 Å². The van der Waals surface area contributed by atoms with Crippen LogP contribution in [-0.2, 0) is 9.47 Å². The minimum Gasteiger partial charge on any atom is -0.377 e. The Morgan fingerprint density at radius 3 is 2.88 bits per heavy atom. The number of fused-ring (bicyclic) bond motifs is 2. The second kappa shape index (κ2) is 8.26. The first-order valence-electron chi connectivity index (χ1n) is 10.5. The number of carbonyl (C=O) groups is 1. The SMILES string of the molecule is O=C(NCCOCC1CCCO1)N1CCCC1CC1CC2CCC1C2. The molecule has 142 valence electrons. The molecule has 25 heavy (non-hydrogen) atoms. The highest BCUT2D eigenvalue weighted by Gasteiger charge is 2.42. The van der Waals surface area contributed by atoms with E-state index >= 15 is 0 Å². The van der Waals surface area contributed by atoms with Crippen LogP contribution in [0.25, 0.3) is 0 Å². The summed E-state index contributed by atoms with van der Waals surface area (Å²) in [4.78, 5) is 14.6. The average Bonchev–Trinajstić information content (AvgIpc) is 3.39. The van der Waals surface area contributed by atoms with Gasteiger partial charge >= 0.3 is 6.03 Å². The monoisotopic (exact) mass is 350 g/mol.